The number of fused-ring (bicyclic) bond motifs is 1. The Morgan fingerprint density at radius 3 is 2.48 bits per heavy atom. The Morgan fingerprint density at radius 2 is 1.79 bits per heavy atom. The van der Waals surface area contributed by atoms with E-state index in [4.69, 9.17) is 5.73 Å². The number of para-hydroxylation sites is 1. The molecule has 33 heavy (non-hydrogen) atoms. The normalized spacial score (nSPS) is 20.5. The lowest BCUT2D eigenvalue weighted by Crippen LogP contribution is -2.55. The predicted octanol–water partition coefficient (Wildman–Crippen LogP) is 3.15. The van der Waals surface area contributed by atoms with Crippen molar-refractivity contribution < 1.29 is 19.5 Å². The highest BCUT2D eigenvalue weighted by molar-refractivity contribution is 6.05. The number of benzene rings is 2. The van der Waals surface area contributed by atoms with E-state index in [0.717, 1.165) is 12.0 Å². The number of primary amides is 1. The fourth-order valence-corrected chi connectivity index (χ4v) is 5.44. The number of nitrogens with zero attached hydrogens (tertiary/aromatic N) is 1. The number of amides is 2. The first-order valence-electron chi connectivity index (χ1n) is 11.3. The average Bonchev–Trinajstić information content (AvgIpc) is 3.12. The number of aromatic nitrogens is 1. The minimum Gasteiger partial charge on any atom is -0.477 e. The van der Waals surface area contributed by atoms with Gasteiger partial charge < -0.3 is 20.7 Å². The molecule has 2 aromatic carbocycles. The predicted molar refractivity (Wildman–Crippen MR) is 126 cm³/mol. The molecule has 172 valence electrons. The van der Waals surface area contributed by atoms with E-state index in [2.05, 4.69) is 5.32 Å². The third-order valence-corrected chi connectivity index (χ3v) is 6.98. The molecule has 0 radical (unpaired) electrons. The van der Waals surface area contributed by atoms with Crippen LogP contribution in [-0.2, 0) is 28.5 Å². The van der Waals surface area contributed by atoms with Crippen LogP contribution in [0.2, 0.25) is 0 Å². The van der Waals surface area contributed by atoms with Crippen LogP contribution in [-0.4, -0.2) is 34.0 Å². The number of aromatic carboxylic acids is 1. The molecule has 2 atom stereocenters. The zero-order valence-corrected chi connectivity index (χ0v) is 18.7. The molecule has 1 aromatic heterocycles. The molecule has 0 bridgehead atoms. The van der Waals surface area contributed by atoms with E-state index >= 15 is 0 Å². The number of hydrogen-bond donors (Lipinski definition) is 3. The van der Waals surface area contributed by atoms with Gasteiger partial charge in [-0.25, -0.2) is 4.79 Å². The zero-order valence-electron chi connectivity index (χ0n) is 18.7. The van der Waals surface area contributed by atoms with Crippen LogP contribution in [0.15, 0.2) is 54.6 Å². The molecular weight excluding hydrogens is 418 g/mol. The number of carboxylic acids is 1. The van der Waals surface area contributed by atoms with E-state index in [9.17, 15) is 19.5 Å². The maximum absolute atomic E-state index is 13.4. The number of carbonyl (C=O) groups is 3. The minimum absolute atomic E-state index is 0.0129. The highest BCUT2D eigenvalue weighted by Gasteiger charge is 2.53. The Bertz CT molecular complexity index is 1200. The summed E-state index contributed by atoms with van der Waals surface area (Å²) in [5.74, 6) is -2.78. The van der Waals surface area contributed by atoms with Crippen molar-refractivity contribution in [2.45, 2.75) is 37.5 Å². The Labute approximate surface area is 192 Å². The Hall–Kier alpha value is -3.61. The van der Waals surface area contributed by atoms with Crippen LogP contribution >= 0.6 is 0 Å². The third-order valence-electron chi connectivity index (χ3n) is 6.98. The molecule has 4 rings (SSSR count). The van der Waals surface area contributed by atoms with Crippen LogP contribution in [0, 0.1) is 5.92 Å². The van der Waals surface area contributed by atoms with Crippen LogP contribution in [0.25, 0.3) is 10.9 Å². The SMILES string of the molecule is Cn1c(C(=O)O)c([C@]2(C(N)=O)CCCC[C@H]2C(=O)NCCc2ccccc2)c2ccccc21. The monoisotopic (exact) mass is 447 g/mol. The summed E-state index contributed by atoms with van der Waals surface area (Å²) in [6.07, 6.45) is 2.95. The highest BCUT2D eigenvalue weighted by Crippen LogP contribution is 2.48. The minimum atomic E-state index is -1.39. The average molecular weight is 448 g/mol. The molecule has 1 aliphatic carbocycles. The van der Waals surface area contributed by atoms with Gasteiger partial charge in [-0.3, -0.25) is 9.59 Å². The van der Waals surface area contributed by atoms with Crippen molar-refractivity contribution in [3.05, 3.63) is 71.4 Å². The molecule has 1 fully saturated rings. The molecule has 2 amide bonds. The molecule has 0 saturated heterocycles. The largest absolute Gasteiger partial charge is 0.477 e. The number of carbonyl (C=O) groups excluding carboxylic acids is 2. The molecular formula is C26H29N3O4. The van der Waals surface area contributed by atoms with Gasteiger partial charge in [0.2, 0.25) is 11.8 Å². The lowest BCUT2D eigenvalue weighted by molar-refractivity contribution is -0.137. The Kier molecular flexibility index (Phi) is 6.22. The van der Waals surface area contributed by atoms with Gasteiger partial charge in [-0.15, -0.1) is 0 Å². The maximum atomic E-state index is 13.4. The van der Waals surface area contributed by atoms with Gasteiger partial charge in [0, 0.05) is 30.1 Å². The van der Waals surface area contributed by atoms with Crippen LogP contribution in [0.4, 0.5) is 0 Å². The van der Waals surface area contributed by atoms with Gasteiger partial charge in [0.25, 0.3) is 0 Å². The van der Waals surface area contributed by atoms with Crippen molar-refractivity contribution in [2.24, 2.45) is 18.7 Å². The van der Waals surface area contributed by atoms with Crippen molar-refractivity contribution in [1.82, 2.24) is 9.88 Å². The van der Waals surface area contributed by atoms with Crippen molar-refractivity contribution in [2.75, 3.05) is 6.54 Å². The van der Waals surface area contributed by atoms with Gasteiger partial charge in [0.1, 0.15) is 5.69 Å². The fourth-order valence-electron chi connectivity index (χ4n) is 5.44. The lowest BCUT2D eigenvalue weighted by atomic mass is 9.60. The molecule has 4 N–H and O–H groups in total. The maximum Gasteiger partial charge on any atom is 0.352 e. The molecule has 1 saturated carbocycles. The number of nitrogens with one attached hydrogen (secondary N) is 1. The van der Waals surface area contributed by atoms with E-state index < -0.39 is 23.2 Å². The summed E-state index contributed by atoms with van der Waals surface area (Å²) in [6.45, 7) is 0.426. The topological polar surface area (TPSA) is 114 Å². The molecule has 7 nitrogen and oxygen atoms in total. The third kappa shape index (κ3) is 3.88. The summed E-state index contributed by atoms with van der Waals surface area (Å²) < 4.78 is 1.58. The summed E-state index contributed by atoms with van der Waals surface area (Å²) in [4.78, 5) is 38.9. The smallest absolute Gasteiger partial charge is 0.352 e. The van der Waals surface area contributed by atoms with E-state index in [-0.39, 0.29) is 11.6 Å². The van der Waals surface area contributed by atoms with Gasteiger partial charge in [0.15, 0.2) is 0 Å². The Morgan fingerprint density at radius 1 is 1.09 bits per heavy atom. The fraction of sp³-hybridized carbons (Fsp3) is 0.346. The van der Waals surface area contributed by atoms with Crippen LogP contribution in [0.1, 0.15) is 47.3 Å². The van der Waals surface area contributed by atoms with Crippen molar-refractivity contribution in [1.29, 1.82) is 0 Å². The first kappa shape index (κ1) is 22.6. The van der Waals surface area contributed by atoms with Crippen LogP contribution < -0.4 is 11.1 Å². The number of aryl methyl sites for hydroxylation is 1. The van der Waals surface area contributed by atoms with Crippen LogP contribution in [0.3, 0.4) is 0 Å². The summed E-state index contributed by atoms with van der Waals surface area (Å²) >= 11 is 0. The van der Waals surface area contributed by atoms with Crippen molar-refractivity contribution in [3.8, 4) is 0 Å². The van der Waals surface area contributed by atoms with Crippen LogP contribution in [0.5, 0.6) is 0 Å². The summed E-state index contributed by atoms with van der Waals surface area (Å²) in [5, 5.41) is 13.7. The van der Waals surface area contributed by atoms with Crippen molar-refractivity contribution >= 4 is 28.7 Å². The van der Waals surface area contributed by atoms with Gasteiger partial charge >= 0.3 is 5.97 Å². The zero-order chi connectivity index (χ0) is 23.6. The Balaban J connectivity index is 1.76. The van der Waals surface area contributed by atoms with E-state index in [0.29, 0.717) is 48.7 Å². The first-order chi connectivity index (χ1) is 15.9. The first-order valence-corrected chi connectivity index (χ1v) is 11.3. The van der Waals surface area contributed by atoms with Gasteiger partial charge in [-0.1, -0.05) is 61.4 Å². The highest BCUT2D eigenvalue weighted by atomic mass is 16.4. The number of rotatable bonds is 7. The van der Waals surface area contributed by atoms with Gasteiger partial charge in [-0.05, 0) is 30.9 Å². The number of carboxylic acid groups (broad SMARTS) is 1. The van der Waals surface area contributed by atoms with E-state index in [1.54, 1.807) is 17.7 Å². The standard InChI is InChI=1S/C26H29N3O4/c1-29-20-13-6-5-11-18(20)21(22(29)24(31)32)26(25(27)33)15-8-7-12-19(26)23(30)28-16-14-17-9-3-2-4-10-17/h2-6,9-11,13,19H,7-8,12,14-16H2,1H3,(H2,27,33)(H,28,30)(H,31,32)/t19-,26-/m0/s1. The second-order valence-corrected chi connectivity index (χ2v) is 8.77. The molecule has 7 heteroatoms. The second-order valence-electron chi connectivity index (χ2n) is 8.77. The molecule has 0 spiro atoms. The lowest BCUT2D eigenvalue weighted by Gasteiger charge is -2.41. The molecule has 0 unspecified atom stereocenters. The summed E-state index contributed by atoms with van der Waals surface area (Å²) in [5.41, 5.74) is 6.82. The van der Waals surface area contributed by atoms with Gasteiger partial charge in [0.05, 0.1) is 11.3 Å². The number of hydrogen-bond acceptors (Lipinski definition) is 3. The van der Waals surface area contributed by atoms with E-state index in [1.807, 2.05) is 48.5 Å². The molecule has 0 aliphatic heterocycles. The summed E-state index contributed by atoms with van der Waals surface area (Å²) in [6, 6.07) is 17.1. The quantitative estimate of drug-likeness (QED) is 0.516. The summed E-state index contributed by atoms with van der Waals surface area (Å²) in [7, 11) is 1.67. The van der Waals surface area contributed by atoms with Crippen molar-refractivity contribution in [3.63, 3.8) is 0 Å². The second kappa shape index (κ2) is 9.10. The number of nitrogens with two attached hydrogens (primary N) is 1. The molecule has 1 aliphatic rings. The van der Waals surface area contributed by atoms with Gasteiger partial charge in [-0.2, -0.15) is 0 Å². The molecule has 1 heterocycles. The van der Waals surface area contributed by atoms with E-state index in [1.165, 1.54) is 0 Å². The molecule has 3 aromatic rings.